The van der Waals surface area contributed by atoms with E-state index in [-0.39, 0.29) is 16.5 Å². The summed E-state index contributed by atoms with van der Waals surface area (Å²) >= 11 is 5.79. The van der Waals surface area contributed by atoms with Crippen LogP contribution < -0.4 is 10.6 Å². The van der Waals surface area contributed by atoms with Crippen LogP contribution in [0, 0.1) is 0 Å². The van der Waals surface area contributed by atoms with Gasteiger partial charge in [0.25, 0.3) is 5.91 Å². The topological polar surface area (TPSA) is 78.4 Å². The van der Waals surface area contributed by atoms with Crippen molar-refractivity contribution in [1.29, 1.82) is 0 Å². The first kappa shape index (κ1) is 14.9. The van der Waals surface area contributed by atoms with E-state index in [9.17, 15) is 9.59 Å². The van der Waals surface area contributed by atoms with Crippen molar-refractivity contribution in [2.45, 2.75) is 0 Å². The van der Waals surface area contributed by atoms with Crippen molar-refractivity contribution in [2.75, 3.05) is 17.7 Å². The molecule has 0 aliphatic rings. The van der Waals surface area contributed by atoms with E-state index in [0.717, 1.165) is 0 Å². The van der Waals surface area contributed by atoms with Crippen molar-refractivity contribution < 1.29 is 14.7 Å². The number of carboxylic acids is 1. The van der Waals surface area contributed by atoms with Crippen LogP contribution >= 0.6 is 11.6 Å². The Hall–Kier alpha value is -2.53. The van der Waals surface area contributed by atoms with E-state index >= 15 is 0 Å². The molecular formula is C15H13ClN2O3. The van der Waals surface area contributed by atoms with Crippen molar-refractivity contribution in [3.8, 4) is 0 Å². The van der Waals surface area contributed by atoms with Gasteiger partial charge in [-0.05, 0) is 30.3 Å². The first-order valence-corrected chi connectivity index (χ1v) is 6.51. The van der Waals surface area contributed by atoms with Gasteiger partial charge in [-0.3, -0.25) is 4.79 Å². The van der Waals surface area contributed by atoms with Gasteiger partial charge in [0.05, 0.1) is 16.1 Å². The quantitative estimate of drug-likeness (QED) is 0.809. The maximum atomic E-state index is 12.2. The van der Waals surface area contributed by atoms with Gasteiger partial charge in [0, 0.05) is 18.4 Å². The van der Waals surface area contributed by atoms with E-state index in [1.165, 1.54) is 12.1 Å². The Labute approximate surface area is 126 Å². The van der Waals surface area contributed by atoms with Gasteiger partial charge in [-0.2, -0.15) is 0 Å². The highest BCUT2D eigenvalue weighted by atomic mass is 35.5. The molecule has 2 rings (SSSR count). The lowest BCUT2D eigenvalue weighted by Crippen LogP contribution is -2.14. The largest absolute Gasteiger partial charge is 0.478 e. The molecule has 1 amide bonds. The maximum Gasteiger partial charge on any atom is 0.337 e. The molecule has 0 saturated heterocycles. The van der Waals surface area contributed by atoms with Crippen molar-refractivity contribution in [1.82, 2.24) is 0 Å². The normalized spacial score (nSPS) is 10.0. The third-order valence-corrected chi connectivity index (χ3v) is 3.23. The van der Waals surface area contributed by atoms with Crippen LogP contribution in [0.1, 0.15) is 20.7 Å². The van der Waals surface area contributed by atoms with Gasteiger partial charge in [-0.15, -0.1) is 0 Å². The SMILES string of the molecule is CNc1ccccc1C(=O)Nc1ccc(Cl)c(C(=O)O)c1. The first-order valence-electron chi connectivity index (χ1n) is 6.14. The summed E-state index contributed by atoms with van der Waals surface area (Å²) in [7, 11) is 1.72. The van der Waals surface area contributed by atoms with E-state index in [1.807, 2.05) is 6.07 Å². The predicted octanol–water partition coefficient (Wildman–Crippen LogP) is 3.33. The lowest BCUT2D eigenvalue weighted by molar-refractivity contribution is 0.0696. The summed E-state index contributed by atoms with van der Waals surface area (Å²) in [6, 6.07) is 11.3. The number of carbonyl (C=O) groups is 2. The number of hydrogen-bond acceptors (Lipinski definition) is 3. The second kappa shape index (κ2) is 6.28. The molecular weight excluding hydrogens is 292 g/mol. The minimum atomic E-state index is -1.15. The Bertz CT molecular complexity index is 701. The lowest BCUT2D eigenvalue weighted by atomic mass is 10.1. The summed E-state index contributed by atoms with van der Waals surface area (Å²) < 4.78 is 0. The minimum Gasteiger partial charge on any atom is -0.478 e. The summed E-state index contributed by atoms with van der Waals surface area (Å²) in [4.78, 5) is 23.3. The molecule has 2 aromatic rings. The summed E-state index contributed by atoms with van der Waals surface area (Å²) in [6.45, 7) is 0. The molecule has 108 valence electrons. The predicted molar refractivity (Wildman–Crippen MR) is 82.4 cm³/mol. The first-order chi connectivity index (χ1) is 10.0. The number of halogens is 1. The van der Waals surface area contributed by atoms with E-state index in [0.29, 0.717) is 16.9 Å². The van der Waals surface area contributed by atoms with Crippen LogP contribution in [0.2, 0.25) is 5.02 Å². The highest BCUT2D eigenvalue weighted by molar-refractivity contribution is 6.33. The van der Waals surface area contributed by atoms with E-state index in [4.69, 9.17) is 16.7 Å². The molecule has 2 aromatic carbocycles. The fourth-order valence-corrected chi connectivity index (χ4v) is 2.06. The van der Waals surface area contributed by atoms with Gasteiger partial charge in [-0.25, -0.2) is 4.79 Å². The average Bonchev–Trinajstić information content (AvgIpc) is 2.48. The summed E-state index contributed by atoms with van der Waals surface area (Å²) in [5.74, 6) is -1.48. The number of rotatable bonds is 4. The Kier molecular flexibility index (Phi) is 4.45. The molecule has 5 nitrogen and oxygen atoms in total. The molecule has 0 aromatic heterocycles. The molecule has 3 N–H and O–H groups in total. The van der Waals surface area contributed by atoms with E-state index in [2.05, 4.69) is 10.6 Å². The number of para-hydroxylation sites is 1. The molecule has 0 unspecified atom stereocenters. The standard InChI is InChI=1S/C15H13ClN2O3/c1-17-13-5-3-2-4-10(13)14(19)18-9-6-7-12(16)11(8-9)15(20)21/h2-8,17H,1H3,(H,18,19)(H,20,21). The zero-order chi connectivity index (χ0) is 15.4. The van der Waals surface area contributed by atoms with Gasteiger partial charge in [0.15, 0.2) is 0 Å². The molecule has 0 aliphatic heterocycles. The number of amides is 1. The molecule has 21 heavy (non-hydrogen) atoms. The number of aromatic carboxylic acids is 1. The fourth-order valence-electron chi connectivity index (χ4n) is 1.86. The van der Waals surface area contributed by atoms with Gasteiger partial charge < -0.3 is 15.7 Å². The third-order valence-electron chi connectivity index (χ3n) is 2.90. The van der Waals surface area contributed by atoms with Crippen molar-refractivity contribution in [3.05, 3.63) is 58.6 Å². The number of hydrogen-bond donors (Lipinski definition) is 3. The van der Waals surface area contributed by atoms with Crippen LogP contribution in [-0.4, -0.2) is 24.0 Å². The Morgan fingerprint density at radius 2 is 1.81 bits per heavy atom. The number of anilines is 2. The zero-order valence-corrected chi connectivity index (χ0v) is 11.9. The molecule has 0 fully saturated rings. The van der Waals surface area contributed by atoms with Crippen LogP contribution in [0.25, 0.3) is 0 Å². The molecule has 0 radical (unpaired) electrons. The number of benzene rings is 2. The van der Waals surface area contributed by atoms with Gasteiger partial charge in [0.2, 0.25) is 0 Å². The fraction of sp³-hybridized carbons (Fsp3) is 0.0667. The summed E-state index contributed by atoms with van der Waals surface area (Å²) in [5, 5.41) is 14.7. The van der Waals surface area contributed by atoms with Gasteiger partial charge in [0.1, 0.15) is 0 Å². The zero-order valence-electron chi connectivity index (χ0n) is 11.2. The van der Waals surface area contributed by atoms with Crippen molar-refractivity contribution in [3.63, 3.8) is 0 Å². The molecule has 0 heterocycles. The Morgan fingerprint density at radius 3 is 2.48 bits per heavy atom. The van der Waals surface area contributed by atoms with Gasteiger partial charge >= 0.3 is 5.97 Å². The maximum absolute atomic E-state index is 12.2. The number of carbonyl (C=O) groups excluding carboxylic acids is 1. The van der Waals surface area contributed by atoms with Crippen molar-refractivity contribution >= 4 is 34.9 Å². The second-order valence-electron chi connectivity index (χ2n) is 4.25. The van der Waals surface area contributed by atoms with E-state index < -0.39 is 5.97 Å². The Morgan fingerprint density at radius 1 is 1.10 bits per heavy atom. The molecule has 0 spiro atoms. The summed E-state index contributed by atoms with van der Waals surface area (Å²) in [5.41, 5.74) is 1.46. The van der Waals surface area contributed by atoms with Crippen LogP contribution in [0.3, 0.4) is 0 Å². The number of nitrogens with one attached hydrogen (secondary N) is 2. The highest BCUT2D eigenvalue weighted by Crippen LogP contribution is 2.22. The molecule has 0 saturated carbocycles. The second-order valence-corrected chi connectivity index (χ2v) is 4.66. The molecule has 0 aliphatic carbocycles. The highest BCUT2D eigenvalue weighted by Gasteiger charge is 2.13. The van der Waals surface area contributed by atoms with Crippen LogP contribution in [0.5, 0.6) is 0 Å². The minimum absolute atomic E-state index is 0.0589. The monoisotopic (exact) mass is 304 g/mol. The lowest BCUT2D eigenvalue weighted by Gasteiger charge is -2.10. The smallest absolute Gasteiger partial charge is 0.337 e. The van der Waals surface area contributed by atoms with Crippen LogP contribution in [-0.2, 0) is 0 Å². The van der Waals surface area contributed by atoms with Crippen molar-refractivity contribution in [2.24, 2.45) is 0 Å². The molecule has 0 bridgehead atoms. The molecule has 6 heteroatoms. The summed E-state index contributed by atoms with van der Waals surface area (Å²) in [6.07, 6.45) is 0. The van der Waals surface area contributed by atoms with E-state index in [1.54, 1.807) is 31.3 Å². The Balaban J connectivity index is 2.28. The third kappa shape index (κ3) is 3.32. The van der Waals surface area contributed by atoms with Crippen LogP contribution in [0.4, 0.5) is 11.4 Å². The van der Waals surface area contributed by atoms with Gasteiger partial charge in [-0.1, -0.05) is 23.7 Å². The average molecular weight is 305 g/mol. The molecule has 0 atom stereocenters. The number of carboxylic acid groups (broad SMARTS) is 1. The van der Waals surface area contributed by atoms with Crippen LogP contribution in [0.15, 0.2) is 42.5 Å².